The van der Waals surface area contributed by atoms with Crippen molar-refractivity contribution in [2.75, 3.05) is 0 Å². The van der Waals surface area contributed by atoms with Crippen LogP contribution in [0.1, 0.15) is 25.8 Å². The predicted octanol–water partition coefficient (Wildman–Crippen LogP) is 2.57. The highest BCUT2D eigenvalue weighted by molar-refractivity contribution is 7.89. The molecular formula is C13H17ClFNO4S. The SMILES string of the molecule is CC[C@H](C)[C@H](NS(=O)(=O)c1cc(C)c(F)cc1Cl)C(=O)O. The van der Waals surface area contributed by atoms with Gasteiger partial charge in [0.15, 0.2) is 0 Å². The van der Waals surface area contributed by atoms with Crippen molar-refractivity contribution in [3.05, 3.63) is 28.5 Å². The summed E-state index contributed by atoms with van der Waals surface area (Å²) in [5, 5.41) is 8.84. The second-order valence-corrected chi connectivity index (χ2v) is 6.94. The number of hydrogen-bond donors (Lipinski definition) is 2. The van der Waals surface area contributed by atoms with E-state index < -0.39 is 33.8 Å². The molecular weight excluding hydrogens is 321 g/mol. The molecule has 0 aromatic heterocycles. The highest BCUT2D eigenvalue weighted by atomic mass is 35.5. The van der Waals surface area contributed by atoms with Crippen LogP contribution in [0.2, 0.25) is 5.02 Å². The highest BCUT2D eigenvalue weighted by Crippen LogP contribution is 2.25. The molecule has 0 fully saturated rings. The van der Waals surface area contributed by atoms with E-state index in [4.69, 9.17) is 16.7 Å². The van der Waals surface area contributed by atoms with Gasteiger partial charge in [-0.15, -0.1) is 0 Å². The topological polar surface area (TPSA) is 83.5 Å². The number of carboxylic acid groups (broad SMARTS) is 1. The number of rotatable bonds is 6. The molecule has 0 unspecified atom stereocenters. The Morgan fingerprint density at radius 2 is 2.05 bits per heavy atom. The molecule has 21 heavy (non-hydrogen) atoms. The van der Waals surface area contributed by atoms with Crippen molar-refractivity contribution in [1.29, 1.82) is 0 Å². The molecule has 2 atom stereocenters. The van der Waals surface area contributed by atoms with Crippen LogP contribution >= 0.6 is 11.6 Å². The van der Waals surface area contributed by atoms with E-state index in [0.29, 0.717) is 6.42 Å². The Balaban J connectivity index is 3.23. The van der Waals surface area contributed by atoms with E-state index in [9.17, 15) is 17.6 Å². The quantitative estimate of drug-likeness (QED) is 0.835. The summed E-state index contributed by atoms with van der Waals surface area (Å²) < 4.78 is 40.0. The summed E-state index contributed by atoms with van der Waals surface area (Å²) in [5.74, 6) is -2.31. The van der Waals surface area contributed by atoms with Crippen LogP contribution in [0.15, 0.2) is 17.0 Å². The Morgan fingerprint density at radius 3 is 2.52 bits per heavy atom. The van der Waals surface area contributed by atoms with Crippen molar-refractivity contribution in [3.8, 4) is 0 Å². The van der Waals surface area contributed by atoms with Crippen LogP contribution in [-0.4, -0.2) is 25.5 Å². The zero-order chi connectivity index (χ0) is 16.4. The Bertz CT molecular complexity index is 648. The number of benzene rings is 1. The van der Waals surface area contributed by atoms with E-state index in [-0.39, 0.29) is 15.5 Å². The lowest BCUT2D eigenvalue weighted by atomic mass is 10.0. The third-order valence-electron chi connectivity index (χ3n) is 3.26. The summed E-state index contributed by atoms with van der Waals surface area (Å²) >= 11 is 5.76. The number of aliphatic carboxylic acids is 1. The Morgan fingerprint density at radius 1 is 1.48 bits per heavy atom. The minimum atomic E-state index is -4.16. The average Bonchev–Trinajstić information content (AvgIpc) is 2.38. The van der Waals surface area contributed by atoms with Gasteiger partial charge in [-0.3, -0.25) is 4.79 Å². The maximum Gasteiger partial charge on any atom is 0.322 e. The van der Waals surface area contributed by atoms with Gasteiger partial charge in [0.25, 0.3) is 0 Å². The smallest absolute Gasteiger partial charge is 0.322 e. The molecule has 0 bridgehead atoms. The molecule has 118 valence electrons. The number of carboxylic acids is 1. The number of hydrogen-bond acceptors (Lipinski definition) is 3. The maximum atomic E-state index is 13.3. The Labute approximate surface area is 128 Å². The van der Waals surface area contributed by atoms with Crippen LogP contribution in [0, 0.1) is 18.7 Å². The van der Waals surface area contributed by atoms with Gasteiger partial charge in [-0.05, 0) is 30.5 Å². The van der Waals surface area contributed by atoms with Gasteiger partial charge < -0.3 is 5.11 Å². The molecule has 1 aromatic carbocycles. The highest BCUT2D eigenvalue weighted by Gasteiger charge is 2.30. The molecule has 0 aliphatic rings. The first-order chi connectivity index (χ1) is 9.60. The predicted molar refractivity (Wildman–Crippen MR) is 77.3 cm³/mol. The second-order valence-electron chi connectivity index (χ2n) is 4.85. The molecule has 2 N–H and O–H groups in total. The summed E-state index contributed by atoms with van der Waals surface area (Å²) in [5.41, 5.74) is 0.107. The molecule has 0 aliphatic carbocycles. The third kappa shape index (κ3) is 4.15. The lowest BCUT2D eigenvalue weighted by molar-refractivity contribution is -0.140. The van der Waals surface area contributed by atoms with E-state index >= 15 is 0 Å². The van der Waals surface area contributed by atoms with Crippen molar-refractivity contribution in [2.24, 2.45) is 5.92 Å². The summed E-state index contributed by atoms with van der Waals surface area (Å²) in [6.07, 6.45) is 0.482. The fourth-order valence-electron chi connectivity index (χ4n) is 1.71. The van der Waals surface area contributed by atoms with E-state index in [2.05, 4.69) is 4.72 Å². The van der Waals surface area contributed by atoms with Gasteiger partial charge in [0.05, 0.1) is 5.02 Å². The van der Waals surface area contributed by atoms with E-state index in [0.717, 1.165) is 12.1 Å². The zero-order valence-corrected chi connectivity index (χ0v) is 13.4. The number of nitrogens with one attached hydrogen (secondary N) is 1. The average molecular weight is 338 g/mol. The third-order valence-corrected chi connectivity index (χ3v) is 5.17. The van der Waals surface area contributed by atoms with Crippen LogP contribution in [0.25, 0.3) is 0 Å². The van der Waals surface area contributed by atoms with Crippen molar-refractivity contribution in [3.63, 3.8) is 0 Å². The van der Waals surface area contributed by atoms with Gasteiger partial charge >= 0.3 is 5.97 Å². The molecule has 5 nitrogen and oxygen atoms in total. The van der Waals surface area contributed by atoms with E-state index in [1.807, 2.05) is 0 Å². The number of sulfonamides is 1. The first-order valence-corrected chi connectivity index (χ1v) is 8.17. The van der Waals surface area contributed by atoms with Crippen molar-refractivity contribution in [2.45, 2.75) is 38.1 Å². The number of halogens is 2. The summed E-state index contributed by atoms with van der Waals surface area (Å²) in [6, 6.07) is 0.696. The molecule has 1 aromatic rings. The van der Waals surface area contributed by atoms with Crippen molar-refractivity contribution in [1.82, 2.24) is 4.72 Å². The normalized spacial score (nSPS) is 14.7. The van der Waals surface area contributed by atoms with Gasteiger partial charge in [-0.1, -0.05) is 31.9 Å². The van der Waals surface area contributed by atoms with Gasteiger partial charge in [-0.25, -0.2) is 12.8 Å². The molecule has 0 amide bonds. The Hall–Kier alpha value is -1.18. The standard InChI is InChI=1S/C13H17ClFNO4S/c1-4-7(2)12(13(17)18)16-21(19,20)11-5-8(3)10(15)6-9(11)14/h5-7,12,16H,4H2,1-3H3,(H,17,18)/t7-,12-/m0/s1. The molecule has 0 spiro atoms. The maximum absolute atomic E-state index is 13.3. The molecule has 0 saturated heterocycles. The minimum Gasteiger partial charge on any atom is -0.480 e. The molecule has 1 rings (SSSR count). The summed E-state index contributed by atoms with van der Waals surface area (Å²) in [7, 11) is -4.16. The summed E-state index contributed by atoms with van der Waals surface area (Å²) in [4.78, 5) is 10.9. The monoisotopic (exact) mass is 337 g/mol. The van der Waals surface area contributed by atoms with Crippen molar-refractivity contribution < 1.29 is 22.7 Å². The lowest BCUT2D eigenvalue weighted by Gasteiger charge is -2.20. The summed E-state index contributed by atoms with van der Waals surface area (Å²) in [6.45, 7) is 4.77. The van der Waals surface area contributed by atoms with E-state index in [1.54, 1.807) is 13.8 Å². The van der Waals surface area contributed by atoms with Crippen LogP contribution in [0.4, 0.5) is 4.39 Å². The number of aryl methyl sites for hydroxylation is 1. The van der Waals surface area contributed by atoms with Gasteiger partial charge in [-0.2, -0.15) is 4.72 Å². The van der Waals surface area contributed by atoms with E-state index in [1.165, 1.54) is 6.92 Å². The Kier molecular flexibility index (Phi) is 5.72. The minimum absolute atomic E-state index is 0.107. The molecule has 0 saturated carbocycles. The molecule has 0 radical (unpaired) electrons. The zero-order valence-electron chi connectivity index (χ0n) is 11.9. The van der Waals surface area contributed by atoms with Crippen LogP contribution in [0.3, 0.4) is 0 Å². The first kappa shape index (κ1) is 17.9. The van der Waals surface area contributed by atoms with Crippen LogP contribution in [-0.2, 0) is 14.8 Å². The van der Waals surface area contributed by atoms with Gasteiger partial charge in [0, 0.05) is 0 Å². The lowest BCUT2D eigenvalue weighted by Crippen LogP contribution is -2.45. The van der Waals surface area contributed by atoms with Gasteiger partial charge in [0.2, 0.25) is 10.0 Å². The van der Waals surface area contributed by atoms with Crippen LogP contribution < -0.4 is 4.72 Å². The largest absolute Gasteiger partial charge is 0.480 e. The van der Waals surface area contributed by atoms with Crippen LogP contribution in [0.5, 0.6) is 0 Å². The van der Waals surface area contributed by atoms with Crippen molar-refractivity contribution >= 4 is 27.6 Å². The first-order valence-electron chi connectivity index (χ1n) is 6.31. The number of carbonyl (C=O) groups is 1. The second kappa shape index (κ2) is 6.72. The fourth-order valence-corrected chi connectivity index (χ4v) is 3.61. The molecule has 0 heterocycles. The molecule has 8 heteroatoms. The fraction of sp³-hybridized carbons (Fsp3) is 0.462. The van der Waals surface area contributed by atoms with Gasteiger partial charge in [0.1, 0.15) is 16.8 Å². The molecule has 0 aliphatic heterocycles.